The smallest absolute Gasteiger partial charge is 0.338 e. The van der Waals surface area contributed by atoms with Gasteiger partial charge < -0.3 is 19.9 Å². The Morgan fingerprint density at radius 2 is 2.17 bits per heavy atom. The number of aliphatic hydroxyl groups is 1. The van der Waals surface area contributed by atoms with Crippen LogP contribution in [-0.2, 0) is 14.3 Å². The highest BCUT2D eigenvalue weighted by molar-refractivity contribution is 5.78. The lowest BCUT2D eigenvalue weighted by Crippen LogP contribution is -2.51. The van der Waals surface area contributed by atoms with Crippen LogP contribution in [0.1, 0.15) is 13.8 Å². The van der Waals surface area contributed by atoms with Gasteiger partial charge in [-0.3, -0.25) is 4.90 Å². The molecule has 0 radical (unpaired) electrons. The van der Waals surface area contributed by atoms with Crippen molar-refractivity contribution in [3.63, 3.8) is 0 Å². The Balaban J connectivity index is 2.27. The van der Waals surface area contributed by atoms with Crippen LogP contribution in [0.25, 0.3) is 0 Å². The fourth-order valence-corrected chi connectivity index (χ4v) is 1.90. The Morgan fingerprint density at radius 3 is 2.72 bits per heavy atom. The number of carbonyl (C=O) groups is 1. The van der Waals surface area contributed by atoms with Gasteiger partial charge in [-0.1, -0.05) is 0 Å². The Morgan fingerprint density at radius 1 is 1.56 bits per heavy atom. The van der Waals surface area contributed by atoms with E-state index in [4.69, 9.17) is 4.74 Å². The molecule has 0 amide bonds. The van der Waals surface area contributed by atoms with Crippen molar-refractivity contribution in [3.05, 3.63) is 0 Å². The van der Waals surface area contributed by atoms with Gasteiger partial charge in [0.25, 0.3) is 0 Å². The fourth-order valence-electron chi connectivity index (χ4n) is 1.90. The summed E-state index contributed by atoms with van der Waals surface area (Å²) < 4.78 is 9.82. The number of rotatable bonds is 6. The van der Waals surface area contributed by atoms with Crippen LogP contribution in [0.2, 0.25) is 0 Å². The van der Waals surface area contributed by atoms with Gasteiger partial charge in [0.05, 0.1) is 20.3 Å². The lowest BCUT2D eigenvalue weighted by atomic mass is 10.1. The van der Waals surface area contributed by atoms with Gasteiger partial charge in [-0.15, -0.1) is 0 Å². The average molecular weight is 260 g/mol. The van der Waals surface area contributed by atoms with Crippen molar-refractivity contribution in [2.45, 2.75) is 25.5 Å². The molecule has 0 aliphatic carbocycles. The highest BCUT2D eigenvalue weighted by atomic mass is 16.5. The molecular formula is C12H24N2O4. The lowest BCUT2D eigenvalue weighted by Gasteiger charge is -2.30. The summed E-state index contributed by atoms with van der Waals surface area (Å²) in [4.78, 5) is 13.6. The van der Waals surface area contributed by atoms with Crippen LogP contribution in [0.3, 0.4) is 0 Å². The third-order valence-corrected chi connectivity index (χ3v) is 3.06. The van der Waals surface area contributed by atoms with Crippen molar-refractivity contribution in [2.24, 2.45) is 0 Å². The van der Waals surface area contributed by atoms with Gasteiger partial charge in [0.1, 0.15) is 0 Å². The monoisotopic (exact) mass is 260 g/mol. The van der Waals surface area contributed by atoms with Crippen molar-refractivity contribution in [2.75, 3.05) is 46.5 Å². The van der Waals surface area contributed by atoms with Crippen LogP contribution in [0.15, 0.2) is 0 Å². The predicted molar refractivity (Wildman–Crippen MR) is 67.4 cm³/mol. The maximum absolute atomic E-state index is 11.3. The molecule has 0 saturated carbocycles. The van der Waals surface area contributed by atoms with E-state index in [9.17, 15) is 9.90 Å². The minimum absolute atomic E-state index is 0.186. The number of hydrogen-bond acceptors (Lipinski definition) is 6. The molecule has 2 unspecified atom stereocenters. The van der Waals surface area contributed by atoms with Crippen LogP contribution >= 0.6 is 0 Å². The van der Waals surface area contributed by atoms with Gasteiger partial charge in [-0.2, -0.15) is 0 Å². The number of hydrogen-bond donors (Lipinski definition) is 2. The number of esters is 1. The van der Waals surface area contributed by atoms with E-state index in [0.717, 1.165) is 32.8 Å². The van der Waals surface area contributed by atoms with E-state index in [1.807, 2.05) is 6.92 Å². The van der Waals surface area contributed by atoms with Gasteiger partial charge in [0.15, 0.2) is 5.60 Å². The number of ether oxygens (including phenoxy) is 2. The molecule has 0 aromatic carbocycles. The Bertz CT molecular complexity index is 265. The zero-order valence-corrected chi connectivity index (χ0v) is 11.4. The Kier molecular flexibility index (Phi) is 6.01. The van der Waals surface area contributed by atoms with Gasteiger partial charge in [0, 0.05) is 32.2 Å². The first-order valence-electron chi connectivity index (χ1n) is 6.30. The van der Waals surface area contributed by atoms with Gasteiger partial charge >= 0.3 is 5.97 Å². The average Bonchev–Trinajstić information content (AvgIpc) is 2.36. The van der Waals surface area contributed by atoms with E-state index in [0.29, 0.717) is 0 Å². The number of carbonyl (C=O) groups excluding carboxylic acids is 1. The first-order chi connectivity index (χ1) is 8.45. The normalized spacial score (nSPS) is 22.2. The van der Waals surface area contributed by atoms with E-state index in [2.05, 4.69) is 15.0 Å². The molecule has 1 aliphatic rings. The molecule has 106 valence electrons. The van der Waals surface area contributed by atoms with Crippen LogP contribution < -0.4 is 5.32 Å². The number of methoxy groups -OCH3 is 1. The van der Waals surface area contributed by atoms with Crippen molar-refractivity contribution in [1.29, 1.82) is 0 Å². The maximum Gasteiger partial charge on any atom is 0.338 e. The first kappa shape index (κ1) is 15.4. The summed E-state index contributed by atoms with van der Waals surface area (Å²) in [5.41, 5.74) is -1.48. The molecule has 6 heteroatoms. The molecule has 0 aromatic rings. The Hall–Kier alpha value is -0.690. The first-order valence-corrected chi connectivity index (χ1v) is 6.30. The zero-order chi connectivity index (χ0) is 13.6. The van der Waals surface area contributed by atoms with Crippen molar-refractivity contribution < 1.29 is 19.4 Å². The molecule has 0 spiro atoms. The summed E-state index contributed by atoms with van der Waals surface area (Å²) in [5.74, 6) is -0.617. The molecule has 18 heavy (non-hydrogen) atoms. The van der Waals surface area contributed by atoms with E-state index < -0.39 is 11.6 Å². The number of nitrogens with zero attached hydrogens (tertiary/aromatic N) is 1. The second-order valence-electron chi connectivity index (χ2n) is 4.96. The van der Waals surface area contributed by atoms with Crippen molar-refractivity contribution >= 4 is 5.97 Å². The van der Waals surface area contributed by atoms with Gasteiger partial charge in [-0.25, -0.2) is 4.79 Å². The lowest BCUT2D eigenvalue weighted by molar-refractivity contribution is -0.160. The van der Waals surface area contributed by atoms with Crippen molar-refractivity contribution in [3.8, 4) is 0 Å². The SMILES string of the molecule is COC(=O)C(C)(O)CNC(C)CN1CCOCC1. The summed E-state index contributed by atoms with van der Waals surface area (Å²) in [6, 6.07) is 0.194. The van der Waals surface area contributed by atoms with E-state index in [-0.39, 0.29) is 12.6 Å². The van der Waals surface area contributed by atoms with Crippen LogP contribution in [0, 0.1) is 0 Å². The van der Waals surface area contributed by atoms with Crippen LogP contribution in [0.5, 0.6) is 0 Å². The summed E-state index contributed by atoms with van der Waals surface area (Å²) in [5, 5.41) is 13.0. The Labute approximate surface area is 108 Å². The van der Waals surface area contributed by atoms with E-state index in [1.165, 1.54) is 14.0 Å². The van der Waals surface area contributed by atoms with Crippen molar-refractivity contribution in [1.82, 2.24) is 10.2 Å². The second-order valence-corrected chi connectivity index (χ2v) is 4.96. The number of nitrogens with one attached hydrogen (secondary N) is 1. The minimum atomic E-state index is -1.48. The van der Waals surface area contributed by atoms with Gasteiger partial charge in [0.2, 0.25) is 0 Å². The highest BCUT2D eigenvalue weighted by Gasteiger charge is 2.31. The fraction of sp³-hybridized carbons (Fsp3) is 0.917. The van der Waals surface area contributed by atoms with Crippen LogP contribution in [0.4, 0.5) is 0 Å². The molecular weight excluding hydrogens is 236 g/mol. The molecule has 6 nitrogen and oxygen atoms in total. The quantitative estimate of drug-likeness (QED) is 0.611. The topological polar surface area (TPSA) is 71.0 Å². The molecule has 0 aromatic heterocycles. The third-order valence-electron chi connectivity index (χ3n) is 3.06. The molecule has 1 saturated heterocycles. The summed E-state index contributed by atoms with van der Waals surface area (Å²) in [7, 11) is 1.27. The van der Waals surface area contributed by atoms with E-state index >= 15 is 0 Å². The van der Waals surface area contributed by atoms with Crippen LogP contribution in [-0.4, -0.2) is 74.1 Å². The predicted octanol–water partition coefficient (Wildman–Crippen LogP) is -0.779. The molecule has 1 aliphatic heterocycles. The van der Waals surface area contributed by atoms with Gasteiger partial charge in [-0.05, 0) is 13.8 Å². The summed E-state index contributed by atoms with van der Waals surface area (Å²) in [6.07, 6.45) is 0. The largest absolute Gasteiger partial charge is 0.467 e. The standard InChI is InChI=1S/C12H24N2O4/c1-10(8-14-4-6-18-7-5-14)13-9-12(2,16)11(15)17-3/h10,13,16H,4-9H2,1-3H3. The molecule has 2 N–H and O–H groups in total. The molecule has 0 bridgehead atoms. The molecule has 1 heterocycles. The molecule has 2 atom stereocenters. The molecule has 1 fully saturated rings. The third kappa shape index (κ3) is 4.89. The highest BCUT2D eigenvalue weighted by Crippen LogP contribution is 2.05. The second kappa shape index (κ2) is 7.04. The maximum atomic E-state index is 11.3. The van der Waals surface area contributed by atoms with E-state index in [1.54, 1.807) is 0 Å². The minimum Gasteiger partial charge on any atom is -0.467 e. The zero-order valence-electron chi connectivity index (χ0n) is 11.4. The molecule has 1 rings (SSSR count). The number of morpholine rings is 1. The summed E-state index contributed by atoms with van der Waals surface area (Å²) >= 11 is 0. The summed E-state index contributed by atoms with van der Waals surface area (Å²) in [6.45, 7) is 7.94.